The van der Waals surface area contributed by atoms with E-state index in [1.165, 1.54) is 40.1 Å². The number of carbonyl (C=O) groups excluding carboxylic acids is 4. The lowest BCUT2D eigenvalue weighted by molar-refractivity contribution is -0.162. The number of anilines is 1. The van der Waals surface area contributed by atoms with Crippen molar-refractivity contribution in [1.29, 1.82) is 0 Å². The Labute approximate surface area is 307 Å². The Morgan fingerprint density at radius 2 is 1.90 bits per heavy atom. The van der Waals surface area contributed by atoms with Gasteiger partial charge in [0.25, 0.3) is 0 Å². The lowest BCUT2D eigenvalue weighted by atomic mass is 9.83. The number of amides is 3. The number of halogens is 1. The first-order valence-corrected chi connectivity index (χ1v) is 17.3. The van der Waals surface area contributed by atoms with Gasteiger partial charge in [-0.25, -0.2) is 9.59 Å². The average Bonchev–Trinajstić information content (AvgIpc) is 3.79. The number of carboxylic acids is 1. The maximum Gasteiger partial charge on any atom is 0.409 e. The lowest BCUT2D eigenvalue weighted by Crippen LogP contribution is -2.63. The summed E-state index contributed by atoms with van der Waals surface area (Å²) in [5.41, 5.74) is -1.10. The van der Waals surface area contributed by atoms with Gasteiger partial charge in [-0.1, -0.05) is 42.3 Å². The smallest absolute Gasteiger partial charge is 0.409 e. The number of epoxide rings is 1. The molecule has 8 atom stereocenters. The highest BCUT2D eigenvalue weighted by Gasteiger charge is 2.64. The Hall–Kier alpha value is -4.18. The molecule has 3 aliphatic heterocycles. The Bertz CT molecular complexity index is 1630. The molecule has 0 saturated carbocycles. The first-order valence-electron chi connectivity index (χ1n) is 16.9. The molecule has 3 N–H and O–H groups in total. The van der Waals surface area contributed by atoms with Gasteiger partial charge < -0.3 is 43.7 Å². The Balaban J connectivity index is 1.75. The number of likely N-dealkylation sites (N-methyl/N-ethyl adjacent to an activating group) is 1. The van der Waals surface area contributed by atoms with Crippen molar-refractivity contribution in [2.24, 2.45) is 5.92 Å². The molecule has 3 heterocycles. The normalized spacial score (nSPS) is 31.5. The number of carbonyl (C=O) groups is 5. The quantitative estimate of drug-likeness (QED) is 0.260. The van der Waals surface area contributed by atoms with Gasteiger partial charge in [0.05, 0.1) is 31.7 Å². The molecule has 2 fully saturated rings. The number of carboxylic acid groups (broad SMARTS) is 1. The summed E-state index contributed by atoms with van der Waals surface area (Å²) in [6, 6.07) is 2.38. The molecule has 286 valence electrons. The van der Waals surface area contributed by atoms with Gasteiger partial charge in [0, 0.05) is 40.0 Å². The first-order chi connectivity index (χ1) is 24.3. The molecule has 16 heteroatoms. The minimum atomic E-state index is -1.86. The van der Waals surface area contributed by atoms with Crippen molar-refractivity contribution < 1.29 is 57.9 Å². The molecular formula is C36H48ClN3O12. The minimum Gasteiger partial charge on any atom is -0.495 e. The van der Waals surface area contributed by atoms with Gasteiger partial charge in [-0.05, 0) is 44.9 Å². The van der Waals surface area contributed by atoms with E-state index in [0.29, 0.717) is 17.9 Å². The van der Waals surface area contributed by atoms with Crippen LogP contribution < -0.4 is 15.0 Å². The number of hydrogen-bond acceptors (Lipinski definition) is 11. The van der Waals surface area contributed by atoms with Crippen LogP contribution in [0.25, 0.3) is 0 Å². The summed E-state index contributed by atoms with van der Waals surface area (Å²) in [7, 11) is 5.76. The van der Waals surface area contributed by atoms with Gasteiger partial charge in [-0.15, -0.1) is 0 Å². The third-order valence-corrected chi connectivity index (χ3v) is 10.5. The summed E-state index contributed by atoms with van der Waals surface area (Å²) < 4.78 is 28.9. The minimum absolute atomic E-state index is 0.0854. The molecule has 3 amide bonds. The number of rotatable bonds is 8. The molecular weight excluding hydrogens is 702 g/mol. The van der Waals surface area contributed by atoms with Crippen LogP contribution in [0.1, 0.15) is 58.9 Å². The largest absolute Gasteiger partial charge is 0.495 e. The predicted molar refractivity (Wildman–Crippen MR) is 188 cm³/mol. The van der Waals surface area contributed by atoms with E-state index in [1.807, 2.05) is 13.0 Å². The van der Waals surface area contributed by atoms with Gasteiger partial charge in [0.15, 0.2) is 5.72 Å². The Kier molecular flexibility index (Phi) is 12.7. The van der Waals surface area contributed by atoms with Crippen LogP contribution >= 0.6 is 11.6 Å². The summed E-state index contributed by atoms with van der Waals surface area (Å²) >= 11 is 6.72. The van der Waals surface area contributed by atoms with E-state index >= 15 is 0 Å². The number of methoxy groups -OCH3 is 2. The summed E-state index contributed by atoms with van der Waals surface area (Å²) in [4.78, 5) is 66.5. The molecule has 4 rings (SSSR count). The SMILES string of the molecule is COc1cc2cc(c1Cl)N(C)C(=O)C[C@H](OC(=O)[C@H](C)N(C)C(=O)CCC(=O)O)[C@@]1(C)OC1[C@H](C)[C@@H]1C[C@@](O)(NC(=O)O1)[C@H](OC)/C=C\C=C(\C)C2. The number of hydrogen-bond donors (Lipinski definition) is 3. The van der Waals surface area contributed by atoms with Gasteiger partial charge in [-0.3, -0.25) is 19.7 Å². The van der Waals surface area contributed by atoms with Crippen molar-refractivity contribution in [2.75, 3.05) is 33.2 Å². The van der Waals surface area contributed by atoms with Gasteiger partial charge in [0.1, 0.15) is 40.7 Å². The topological polar surface area (TPSA) is 194 Å². The fourth-order valence-corrected chi connectivity index (χ4v) is 6.92. The Morgan fingerprint density at radius 1 is 1.21 bits per heavy atom. The average molecular weight is 750 g/mol. The van der Waals surface area contributed by atoms with Crippen molar-refractivity contribution in [2.45, 2.75) is 102 Å². The van der Waals surface area contributed by atoms with E-state index in [0.717, 1.165) is 16.0 Å². The Morgan fingerprint density at radius 3 is 2.54 bits per heavy atom. The van der Waals surface area contributed by atoms with Crippen molar-refractivity contribution in [3.8, 4) is 5.75 Å². The van der Waals surface area contributed by atoms with Crippen LogP contribution in [0.2, 0.25) is 5.02 Å². The second kappa shape index (κ2) is 16.2. The number of aliphatic carboxylic acids is 1. The fourth-order valence-electron chi connectivity index (χ4n) is 6.61. The van der Waals surface area contributed by atoms with Crippen LogP contribution in [0.3, 0.4) is 0 Å². The van der Waals surface area contributed by atoms with E-state index in [4.69, 9.17) is 40.4 Å². The van der Waals surface area contributed by atoms with Gasteiger partial charge in [0.2, 0.25) is 11.8 Å². The monoisotopic (exact) mass is 749 g/mol. The second-order valence-corrected chi connectivity index (χ2v) is 14.2. The molecule has 1 aromatic rings. The number of fused-ring (bicyclic) bond motifs is 5. The standard InChI is InChI=1S/C36H48ClN3O12/c1-19-10-9-11-26(49-8)36(47)18-25(50-34(46)38-36)20(2)32-35(4,52-32)27(51-33(45)21(3)39(5)28(41)12-13-30(43)44)17-29(42)40(6)23-15-22(14-19)16-24(48-7)31(23)37/h9-11,15-16,20-21,25-27,32,47H,12-14,17-18H2,1-8H3,(H,38,46)(H,43,44)/b11-9-,19-10-/t20-,21+,25+,26-,27+,32?,35-,36+/m1/s1. The summed E-state index contributed by atoms with van der Waals surface area (Å²) in [5.74, 6) is -3.31. The molecule has 52 heavy (non-hydrogen) atoms. The van der Waals surface area contributed by atoms with Crippen LogP contribution in [0.15, 0.2) is 35.9 Å². The third kappa shape index (κ3) is 8.88. The maximum absolute atomic E-state index is 14.1. The summed E-state index contributed by atoms with van der Waals surface area (Å²) in [6.07, 6.45) is -0.225. The highest BCUT2D eigenvalue weighted by molar-refractivity contribution is 6.35. The molecule has 0 radical (unpaired) electrons. The zero-order valence-corrected chi connectivity index (χ0v) is 31.4. The predicted octanol–water partition coefficient (Wildman–Crippen LogP) is 3.38. The second-order valence-electron chi connectivity index (χ2n) is 13.8. The summed E-state index contributed by atoms with van der Waals surface area (Å²) in [6.45, 7) is 6.75. The van der Waals surface area contributed by atoms with Crippen molar-refractivity contribution in [3.05, 3.63) is 46.5 Å². The molecule has 15 nitrogen and oxygen atoms in total. The molecule has 1 aromatic carbocycles. The first kappa shape index (κ1) is 40.6. The van der Waals surface area contributed by atoms with Crippen LogP contribution in [0.5, 0.6) is 5.75 Å². The highest BCUT2D eigenvalue weighted by atomic mass is 35.5. The van der Waals surface area contributed by atoms with Crippen LogP contribution in [0.4, 0.5) is 10.5 Å². The molecule has 1 unspecified atom stereocenters. The number of esters is 1. The zero-order chi connectivity index (χ0) is 38.7. The molecule has 0 aliphatic carbocycles. The number of nitrogens with zero attached hydrogens (tertiary/aromatic N) is 2. The number of alkyl carbamates (subject to hydrolysis) is 1. The number of nitrogens with one attached hydrogen (secondary N) is 1. The van der Waals surface area contributed by atoms with E-state index in [1.54, 1.807) is 38.1 Å². The summed E-state index contributed by atoms with van der Waals surface area (Å²) in [5, 5.41) is 23.4. The number of benzene rings is 1. The molecule has 2 saturated heterocycles. The molecule has 4 bridgehead atoms. The molecule has 3 aliphatic rings. The van der Waals surface area contributed by atoms with Crippen molar-refractivity contribution >= 4 is 47.1 Å². The number of aliphatic hydroxyl groups is 1. The molecule has 0 aromatic heterocycles. The van der Waals surface area contributed by atoms with E-state index in [-0.39, 0.29) is 24.3 Å². The number of allylic oxidation sites excluding steroid dienone is 3. The van der Waals surface area contributed by atoms with Gasteiger partial charge >= 0.3 is 18.0 Å². The number of ether oxygens (including phenoxy) is 5. The van der Waals surface area contributed by atoms with Crippen LogP contribution in [-0.2, 0) is 44.5 Å². The maximum atomic E-state index is 14.1. The van der Waals surface area contributed by atoms with E-state index in [9.17, 15) is 29.1 Å². The van der Waals surface area contributed by atoms with Crippen molar-refractivity contribution in [3.63, 3.8) is 0 Å². The fraction of sp³-hybridized carbons (Fsp3) is 0.583. The van der Waals surface area contributed by atoms with Crippen molar-refractivity contribution in [1.82, 2.24) is 10.2 Å². The van der Waals surface area contributed by atoms with Crippen LogP contribution in [0, 0.1) is 5.92 Å². The lowest BCUT2D eigenvalue weighted by Gasteiger charge is -2.42. The van der Waals surface area contributed by atoms with Crippen LogP contribution in [-0.4, -0.2) is 115 Å². The van der Waals surface area contributed by atoms with E-state index in [2.05, 4.69) is 5.32 Å². The third-order valence-electron chi connectivity index (χ3n) is 10.1. The zero-order valence-electron chi connectivity index (χ0n) is 30.6. The highest BCUT2D eigenvalue weighted by Crippen LogP contribution is 2.49. The van der Waals surface area contributed by atoms with E-state index < -0.39 is 84.0 Å². The molecule has 0 spiro atoms. The van der Waals surface area contributed by atoms with Gasteiger partial charge in [-0.2, -0.15) is 0 Å².